The van der Waals surface area contributed by atoms with Crippen LogP contribution in [0.3, 0.4) is 0 Å². The summed E-state index contributed by atoms with van der Waals surface area (Å²) in [6, 6.07) is 13.1. The van der Waals surface area contributed by atoms with Crippen LogP contribution in [0, 0.1) is 5.82 Å². The minimum absolute atomic E-state index is 0.0478. The van der Waals surface area contributed by atoms with Gasteiger partial charge in [-0.25, -0.2) is 9.18 Å². The normalized spacial score (nSPS) is 16.3. The highest BCUT2D eigenvalue weighted by Gasteiger charge is 2.29. The summed E-state index contributed by atoms with van der Waals surface area (Å²) in [5.41, 5.74) is 1.33. The molecule has 1 aliphatic heterocycles. The van der Waals surface area contributed by atoms with Crippen LogP contribution in [-0.4, -0.2) is 40.8 Å². The Balaban J connectivity index is 1.43. The summed E-state index contributed by atoms with van der Waals surface area (Å²) in [5.74, 6) is 1.18. The predicted octanol–water partition coefficient (Wildman–Crippen LogP) is 4.69. The van der Waals surface area contributed by atoms with Gasteiger partial charge in [0.1, 0.15) is 11.6 Å². The number of anilines is 1. The van der Waals surface area contributed by atoms with Crippen LogP contribution in [0.1, 0.15) is 31.6 Å². The number of urea groups is 1. The van der Waals surface area contributed by atoms with E-state index in [0.29, 0.717) is 48.4 Å². The number of para-hydroxylation sites is 2. The number of carbonyl (C=O) groups is 1. The second-order valence-electron chi connectivity index (χ2n) is 7.11. The van der Waals surface area contributed by atoms with E-state index in [9.17, 15) is 9.18 Å². The summed E-state index contributed by atoms with van der Waals surface area (Å²) >= 11 is 0. The molecular weight excluding hydrogens is 387 g/mol. The standard InChI is InChI=1S/C22H23FN4O3/c1-2-29-19-8-4-3-7-18(19)24-22(28)27-13-5-6-16(14-27)21-25-20(26-30-21)15-9-11-17(23)12-10-15/h3-4,7-12,16H,2,5-6,13-14H2,1H3,(H,24,28)/t16-/m0/s1. The molecule has 0 unspecified atom stereocenters. The van der Waals surface area contributed by atoms with Crippen LogP contribution in [0.15, 0.2) is 53.1 Å². The van der Waals surface area contributed by atoms with Gasteiger partial charge in [-0.3, -0.25) is 0 Å². The number of nitrogens with zero attached hydrogens (tertiary/aromatic N) is 3. The Morgan fingerprint density at radius 3 is 2.87 bits per heavy atom. The topological polar surface area (TPSA) is 80.5 Å². The van der Waals surface area contributed by atoms with Crippen LogP contribution in [0.2, 0.25) is 0 Å². The zero-order chi connectivity index (χ0) is 20.9. The second-order valence-corrected chi connectivity index (χ2v) is 7.11. The molecule has 156 valence electrons. The quantitative estimate of drug-likeness (QED) is 0.660. The number of carbonyl (C=O) groups excluding carboxylic acids is 1. The van der Waals surface area contributed by atoms with Gasteiger partial charge in [0.05, 0.1) is 18.2 Å². The average molecular weight is 410 g/mol. The molecule has 1 N–H and O–H groups in total. The van der Waals surface area contributed by atoms with E-state index in [1.54, 1.807) is 17.0 Å². The molecule has 1 fully saturated rings. The van der Waals surface area contributed by atoms with E-state index in [-0.39, 0.29) is 17.8 Å². The smallest absolute Gasteiger partial charge is 0.321 e. The van der Waals surface area contributed by atoms with Gasteiger partial charge in [0.25, 0.3) is 0 Å². The highest BCUT2D eigenvalue weighted by molar-refractivity contribution is 5.91. The zero-order valence-electron chi connectivity index (χ0n) is 16.7. The molecule has 1 saturated heterocycles. The zero-order valence-corrected chi connectivity index (χ0v) is 16.7. The molecule has 0 spiro atoms. The van der Waals surface area contributed by atoms with Crippen molar-refractivity contribution in [1.29, 1.82) is 0 Å². The molecule has 1 atom stereocenters. The third-order valence-electron chi connectivity index (χ3n) is 5.03. The summed E-state index contributed by atoms with van der Waals surface area (Å²) in [6.07, 6.45) is 1.68. The second kappa shape index (κ2) is 8.94. The number of aromatic nitrogens is 2. The van der Waals surface area contributed by atoms with Gasteiger partial charge < -0.3 is 19.5 Å². The van der Waals surface area contributed by atoms with Crippen molar-refractivity contribution in [3.05, 3.63) is 60.2 Å². The summed E-state index contributed by atoms with van der Waals surface area (Å²) in [6.45, 7) is 3.55. The summed E-state index contributed by atoms with van der Waals surface area (Å²) in [7, 11) is 0. The van der Waals surface area contributed by atoms with Gasteiger partial charge in [0.15, 0.2) is 0 Å². The van der Waals surface area contributed by atoms with Crippen LogP contribution in [-0.2, 0) is 0 Å². The highest BCUT2D eigenvalue weighted by atomic mass is 19.1. The Bertz CT molecular complexity index is 1010. The molecule has 1 aliphatic rings. The third kappa shape index (κ3) is 4.42. The van der Waals surface area contributed by atoms with Crippen molar-refractivity contribution in [2.75, 3.05) is 25.0 Å². The van der Waals surface area contributed by atoms with E-state index in [1.165, 1.54) is 12.1 Å². The van der Waals surface area contributed by atoms with Crippen LogP contribution >= 0.6 is 0 Å². The number of amides is 2. The molecule has 2 aromatic carbocycles. The van der Waals surface area contributed by atoms with Crippen molar-refractivity contribution in [1.82, 2.24) is 15.0 Å². The maximum atomic E-state index is 13.1. The molecule has 0 bridgehead atoms. The molecule has 0 aliphatic carbocycles. The van der Waals surface area contributed by atoms with Gasteiger partial charge in [-0.1, -0.05) is 17.3 Å². The van der Waals surface area contributed by atoms with Gasteiger partial charge in [0.2, 0.25) is 11.7 Å². The summed E-state index contributed by atoms with van der Waals surface area (Å²) < 4.78 is 24.2. The maximum absolute atomic E-state index is 13.1. The molecule has 2 amide bonds. The molecule has 2 heterocycles. The first-order valence-corrected chi connectivity index (χ1v) is 10.0. The largest absolute Gasteiger partial charge is 0.492 e. The number of hydrogen-bond donors (Lipinski definition) is 1. The Hall–Kier alpha value is -3.42. The monoisotopic (exact) mass is 410 g/mol. The Labute approximate surface area is 173 Å². The molecular formula is C22H23FN4O3. The lowest BCUT2D eigenvalue weighted by atomic mass is 9.98. The number of hydrogen-bond acceptors (Lipinski definition) is 5. The molecule has 0 radical (unpaired) electrons. The van der Waals surface area contributed by atoms with Crippen LogP contribution in [0.5, 0.6) is 5.75 Å². The summed E-state index contributed by atoms with van der Waals surface area (Å²) in [5, 5.41) is 6.95. The number of halogens is 1. The summed E-state index contributed by atoms with van der Waals surface area (Å²) in [4.78, 5) is 19.0. The fourth-order valence-corrected chi connectivity index (χ4v) is 3.53. The number of ether oxygens (including phenoxy) is 1. The fraction of sp³-hybridized carbons (Fsp3) is 0.318. The average Bonchev–Trinajstić information content (AvgIpc) is 3.26. The third-order valence-corrected chi connectivity index (χ3v) is 5.03. The van der Waals surface area contributed by atoms with E-state index < -0.39 is 0 Å². The molecule has 8 heteroatoms. The van der Waals surface area contributed by atoms with Gasteiger partial charge in [0, 0.05) is 18.7 Å². The van der Waals surface area contributed by atoms with Gasteiger partial charge in [-0.15, -0.1) is 0 Å². The fourth-order valence-electron chi connectivity index (χ4n) is 3.53. The van der Waals surface area contributed by atoms with E-state index in [4.69, 9.17) is 9.26 Å². The Morgan fingerprint density at radius 2 is 2.07 bits per heavy atom. The number of likely N-dealkylation sites (tertiary alicyclic amines) is 1. The molecule has 3 aromatic rings. The van der Waals surface area contributed by atoms with E-state index in [0.717, 1.165) is 12.8 Å². The molecule has 4 rings (SSSR count). The van der Waals surface area contributed by atoms with Gasteiger partial charge in [-0.05, 0) is 56.2 Å². The number of piperidine rings is 1. The van der Waals surface area contributed by atoms with E-state index in [2.05, 4.69) is 15.5 Å². The van der Waals surface area contributed by atoms with Crippen molar-refractivity contribution in [3.63, 3.8) is 0 Å². The highest BCUT2D eigenvalue weighted by Crippen LogP contribution is 2.29. The molecule has 0 saturated carbocycles. The minimum atomic E-state index is -0.317. The van der Waals surface area contributed by atoms with Crippen molar-refractivity contribution in [2.45, 2.75) is 25.7 Å². The Kier molecular flexibility index (Phi) is 5.92. The molecule has 1 aromatic heterocycles. The van der Waals surface area contributed by atoms with Gasteiger partial charge in [-0.2, -0.15) is 4.98 Å². The van der Waals surface area contributed by atoms with Crippen LogP contribution in [0.4, 0.5) is 14.9 Å². The van der Waals surface area contributed by atoms with Crippen molar-refractivity contribution < 1.29 is 18.4 Å². The number of rotatable bonds is 5. The number of benzene rings is 2. The predicted molar refractivity (Wildman–Crippen MR) is 110 cm³/mol. The van der Waals surface area contributed by atoms with Crippen molar-refractivity contribution >= 4 is 11.7 Å². The first-order valence-electron chi connectivity index (χ1n) is 10.0. The van der Waals surface area contributed by atoms with Crippen LogP contribution in [0.25, 0.3) is 11.4 Å². The lowest BCUT2D eigenvalue weighted by Gasteiger charge is -2.31. The minimum Gasteiger partial charge on any atom is -0.492 e. The lowest BCUT2D eigenvalue weighted by molar-refractivity contribution is 0.184. The number of nitrogens with one attached hydrogen (secondary N) is 1. The Morgan fingerprint density at radius 1 is 1.27 bits per heavy atom. The first-order chi connectivity index (χ1) is 14.6. The molecule has 30 heavy (non-hydrogen) atoms. The SMILES string of the molecule is CCOc1ccccc1NC(=O)N1CCC[C@H](c2nc(-c3ccc(F)cc3)no2)C1. The van der Waals surface area contributed by atoms with Crippen LogP contribution < -0.4 is 10.1 Å². The molecule has 7 nitrogen and oxygen atoms in total. The first kappa shape index (κ1) is 19.9. The van der Waals surface area contributed by atoms with Crippen molar-refractivity contribution in [3.8, 4) is 17.1 Å². The lowest BCUT2D eigenvalue weighted by Crippen LogP contribution is -2.41. The van der Waals surface area contributed by atoms with E-state index in [1.807, 2.05) is 31.2 Å². The van der Waals surface area contributed by atoms with E-state index >= 15 is 0 Å². The van der Waals surface area contributed by atoms with Crippen molar-refractivity contribution in [2.24, 2.45) is 0 Å². The maximum Gasteiger partial charge on any atom is 0.321 e. The van der Waals surface area contributed by atoms with Gasteiger partial charge >= 0.3 is 6.03 Å².